The molecule has 2 amide bonds. The number of hydrogen-bond acceptors (Lipinski definition) is 4. The Kier molecular flexibility index (Phi) is 5.23. The van der Waals surface area contributed by atoms with E-state index in [-0.39, 0.29) is 18.9 Å². The average Bonchev–Trinajstić information content (AvgIpc) is 2.34. The molecule has 0 fully saturated rings. The van der Waals surface area contributed by atoms with E-state index in [9.17, 15) is 9.59 Å². The molecule has 0 saturated heterocycles. The van der Waals surface area contributed by atoms with Gasteiger partial charge >= 0.3 is 0 Å². The zero-order chi connectivity index (χ0) is 15.2. The molecular formula is C14H18N4O2. The smallest absolute Gasteiger partial charge is 0.253 e. The Balaban J connectivity index is 2.95. The predicted octanol–water partition coefficient (Wildman–Crippen LogP) is -0.224. The lowest BCUT2D eigenvalue weighted by Crippen LogP contribution is -2.46. The van der Waals surface area contributed by atoms with Crippen molar-refractivity contribution >= 4 is 11.8 Å². The van der Waals surface area contributed by atoms with Gasteiger partial charge in [0.05, 0.1) is 17.7 Å². The zero-order valence-corrected chi connectivity index (χ0v) is 11.6. The monoisotopic (exact) mass is 274 g/mol. The van der Waals surface area contributed by atoms with Crippen LogP contribution in [0.25, 0.3) is 0 Å². The van der Waals surface area contributed by atoms with E-state index in [1.807, 2.05) is 0 Å². The van der Waals surface area contributed by atoms with Crippen LogP contribution in [0.2, 0.25) is 0 Å². The highest BCUT2D eigenvalue weighted by Crippen LogP contribution is 2.11. The largest absolute Gasteiger partial charge is 0.370 e. The molecule has 0 spiro atoms. The summed E-state index contributed by atoms with van der Waals surface area (Å²) in [7, 11) is 0. The lowest BCUT2D eigenvalue weighted by Gasteiger charge is -2.24. The summed E-state index contributed by atoms with van der Waals surface area (Å²) >= 11 is 0. The van der Waals surface area contributed by atoms with Crippen molar-refractivity contribution in [2.45, 2.75) is 25.8 Å². The Morgan fingerprint density at radius 3 is 2.75 bits per heavy atom. The zero-order valence-electron chi connectivity index (χ0n) is 11.6. The first kappa shape index (κ1) is 15.7. The van der Waals surface area contributed by atoms with Gasteiger partial charge in [0.1, 0.15) is 0 Å². The molecule has 20 heavy (non-hydrogen) atoms. The number of nitrogens with zero attached hydrogens (tertiary/aromatic N) is 1. The third-order valence-electron chi connectivity index (χ3n) is 2.46. The minimum Gasteiger partial charge on any atom is -0.370 e. The van der Waals surface area contributed by atoms with Crippen LogP contribution in [0.15, 0.2) is 18.5 Å². The molecule has 1 heterocycles. The fourth-order valence-corrected chi connectivity index (χ4v) is 1.69. The van der Waals surface area contributed by atoms with E-state index in [1.54, 1.807) is 19.9 Å². The summed E-state index contributed by atoms with van der Waals surface area (Å²) in [6.45, 7) is 3.65. The first-order valence-corrected chi connectivity index (χ1v) is 6.09. The molecule has 1 aromatic heterocycles. The highest BCUT2D eigenvalue weighted by atomic mass is 16.2. The maximum absolute atomic E-state index is 12.2. The van der Waals surface area contributed by atoms with Crippen LogP contribution in [0, 0.1) is 11.8 Å². The fourth-order valence-electron chi connectivity index (χ4n) is 1.69. The van der Waals surface area contributed by atoms with Crippen molar-refractivity contribution < 1.29 is 9.59 Å². The second-order valence-electron chi connectivity index (χ2n) is 4.91. The fraction of sp³-hybridized carbons (Fsp3) is 0.357. The molecule has 1 rings (SSSR count). The second-order valence-corrected chi connectivity index (χ2v) is 4.91. The van der Waals surface area contributed by atoms with Gasteiger partial charge in [0, 0.05) is 24.4 Å². The van der Waals surface area contributed by atoms with Crippen LogP contribution in [0.5, 0.6) is 0 Å². The number of nitrogens with one attached hydrogen (secondary N) is 1. The number of carbonyl (C=O) groups is 2. The summed E-state index contributed by atoms with van der Waals surface area (Å²) in [5.74, 6) is 4.66. The molecule has 0 saturated carbocycles. The van der Waals surface area contributed by atoms with E-state index in [2.05, 4.69) is 22.1 Å². The second kappa shape index (κ2) is 6.68. The SMILES string of the molecule is CC(C)(CC(N)=O)NC(=O)c1ccncc1C#CCN. The lowest BCUT2D eigenvalue weighted by atomic mass is 9.99. The first-order chi connectivity index (χ1) is 9.35. The molecular weight excluding hydrogens is 256 g/mol. The highest BCUT2D eigenvalue weighted by molar-refractivity contribution is 5.97. The van der Waals surface area contributed by atoms with Gasteiger partial charge in [-0.25, -0.2) is 0 Å². The van der Waals surface area contributed by atoms with E-state index >= 15 is 0 Å². The van der Waals surface area contributed by atoms with Gasteiger partial charge in [-0.2, -0.15) is 0 Å². The number of nitrogens with two attached hydrogens (primary N) is 2. The maximum Gasteiger partial charge on any atom is 0.253 e. The lowest BCUT2D eigenvalue weighted by molar-refractivity contribution is -0.119. The Labute approximate surface area is 117 Å². The van der Waals surface area contributed by atoms with Crippen LogP contribution in [0.1, 0.15) is 36.2 Å². The molecule has 106 valence electrons. The van der Waals surface area contributed by atoms with Crippen molar-refractivity contribution in [3.63, 3.8) is 0 Å². The van der Waals surface area contributed by atoms with Crippen molar-refractivity contribution in [2.75, 3.05) is 6.54 Å². The summed E-state index contributed by atoms with van der Waals surface area (Å²) in [5, 5.41) is 2.75. The van der Waals surface area contributed by atoms with Crippen LogP contribution >= 0.6 is 0 Å². The Hall–Kier alpha value is -2.39. The van der Waals surface area contributed by atoms with Crippen molar-refractivity contribution in [1.82, 2.24) is 10.3 Å². The molecule has 0 aliphatic rings. The highest BCUT2D eigenvalue weighted by Gasteiger charge is 2.24. The van der Waals surface area contributed by atoms with Gasteiger partial charge in [-0.05, 0) is 19.9 Å². The van der Waals surface area contributed by atoms with Gasteiger partial charge in [0.15, 0.2) is 0 Å². The van der Waals surface area contributed by atoms with Gasteiger partial charge in [0.2, 0.25) is 5.91 Å². The van der Waals surface area contributed by atoms with Crippen molar-refractivity contribution in [1.29, 1.82) is 0 Å². The number of pyridine rings is 1. The van der Waals surface area contributed by atoms with Crippen LogP contribution < -0.4 is 16.8 Å². The van der Waals surface area contributed by atoms with Gasteiger partial charge in [-0.15, -0.1) is 0 Å². The number of amides is 2. The molecule has 0 atom stereocenters. The van der Waals surface area contributed by atoms with Crippen molar-refractivity contribution in [2.24, 2.45) is 11.5 Å². The van der Waals surface area contributed by atoms with Crippen LogP contribution in [-0.2, 0) is 4.79 Å². The van der Waals surface area contributed by atoms with E-state index in [4.69, 9.17) is 11.5 Å². The molecule has 0 aliphatic heterocycles. The van der Waals surface area contributed by atoms with Gasteiger partial charge in [0.25, 0.3) is 5.91 Å². The molecule has 0 radical (unpaired) electrons. The minimum absolute atomic E-state index is 0.0492. The number of primary amides is 1. The van der Waals surface area contributed by atoms with Gasteiger partial charge < -0.3 is 16.8 Å². The number of aromatic nitrogens is 1. The molecule has 5 N–H and O–H groups in total. The van der Waals surface area contributed by atoms with E-state index < -0.39 is 11.4 Å². The Bertz CT molecular complexity index is 570. The van der Waals surface area contributed by atoms with Gasteiger partial charge in [-0.3, -0.25) is 14.6 Å². The van der Waals surface area contributed by atoms with Crippen LogP contribution in [-0.4, -0.2) is 28.9 Å². The van der Waals surface area contributed by atoms with Crippen LogP contribution in [0.4, 0.5) is 0 Å². The standard InChI is InChI=1S/C14H18N4O2/c1-14(2,8-12(16)19)18-13(20)11-5-7-17-9-10(11)4-3-6-15/h5,7,9H,6,8,15H2,1-2H3,(H2,16,19)(H,18,20). The Morgan fingerprint density at radius 1 is 1.45 bits per heavy atom. The van der Waals surface area contributed by atoms with Crippen molar-refractivity contribution in [3.05, 3.63) is 29.6 Å². The van der Waals surface area contributed by atoms with Gasteiger partial charge in [-0.1, -0.05) is 11.8 Å². The average molecular weight is 274 g/mol. The first-order valence-electron chi connectivity index (χ1n) is 6.09. The topological polar surface area (TPSA) is 111 Å². The Morgan fingerprint density at radius 2 is 2.15 bits per heavy atom. The van der Waals surface area contributed by atoms with E-state index in [1.165, 1.54) is 12.4 Å². The third-order valence-corrected chi connectivity index (χ3v) is 2.46. The maximum atomic E-state index is 12.2. The molecule has 0 unspecified atom stereocenters. The molecule has 6 nitrogen and oxygen atoms in total. The summed E-state index contributed by atoms with van der Waals surface area (Å²) in [6.07, 6.45) is 3.05. The summed E-state index contributed by atoms with van der Waals surface area (Å²) in [6, 6.07) is 1.57. The molecule has 0 aliphatic carbocycles. The molecule has 0 aromatic carbocycles. The predicted molar refractivity (Wildman–Crippen MR) is 75.5 cm³/mol. The van der Waals surface area contributed by atoms with Crippen molar-refractivity contribution in [3.8, 4) is 11.8 Å². The molecule has 0 bridgehead atoms. The summed E-state index contributed by atoms with van der Waals surface area (Å²) in [5.41, 5.74) is 10.6. The van der Waals surface area contributed by atoms with Crippen LogP contribution in [0.3, 0.4) is 0 Å². The van der Waals surface area contributed by atoms with E-state index in [0.29, 0.717) is 11.1 Å². The normalized spacial score (nSPS) is 10.3. The number of rotatable bonds is 4. The number of carbonyl (C=O) groups excluding carboxylic acids is 2. The number of hydrogen-bond donors (Lipinski definition) is 3. The minimum atomic E-state index is -0.731. The molecule has 6 heteroatoms. The van der Waals surface area contributed by atoms with E-state index in [0.717, 1.165) is 0 Å². The quantitative estimate of drug-likeness (QED) is 0.659. The third kappa shape index (κ3) is 4.71. The summed E-state index contributed by atoms with van der Waals surface area (Å²) in [4.78, 5) is 27.1. The summed E-state index contributed by atoms with van der Waals surface area (Å²) < 4.78 is 0. The molecule has 1 aromatic rings.